The molecule has 0 aliphatic rings. The van der Waals surface area contributed by atoms with Crippen molar-refractivity contribution in [2.24, 2.45) is 0 Å². The lowest BCUT2D eigenvalue weighted by atomic mass is 10.2. The topological polar surface area (TPSA) is 26.4 Å². The third-order valence-electron chi connectivity index (χ3n) is 2.94. The maximum Gasteiger partial charge on any atom is 0.337 e. The minimum atomic E-state index is -0.0325. The molecule has 3 nitrogen and oxygen atoms in total. The minimum absolute atomic E-state index is 0.0325. The molecule has 2 heterocycles. The Bertz CT molecular complexity index is 737. The van der Waals surface area contributed by atoms with Crippen LogP contribution in [0, 0.1) is 6.92 Å². The van der Waals surface area contributed by atoms with E-state index in [1.807, 2.05) is 55.6 Å². The van der Waals surface area contributed by atoms with Crippen molar-refractivity contribution in [3.05, 3.63) is 70.9 Å². The van der Waals surface area contributed by atoms with E-state index in [1.165, 1.54) is 0 Å². The van der Waals surface area contributed by atoms with Crippen molar-refractivity contribution in [3.8, 4) is 5.69 Å². The zero-order chi connectivity index (χ0) is 11.8. The SMILES string of the molecule is Cc1ccccc1-n1cc2ccccn2c1=O. The van der Waals surface area contributed by atoms with E-state index in [-0.39, 0.29) is 5.69 Å². The molecule has 0 aliphatic carbocycles. The zero-order valence-electron chi connectivity index (χ0n) is 9.50. The molecular weight excluding hydrogens is 212 g/mol. The predicted molar refractivity (Wildman–Crippen MR) is 67.7 cm³/mol. The second-order valence-electron chi connectivity index (χ2n) is 4.06. The molecule has 0 bridgehead atoms. The smallest absolute Gasteiger partial charge is 0.268 e. The summed E-state index contributed by atoms with van der Waals surface area (Å²) in [5, 5.41) is 0. The predicted octanol–water partition coefficient (Wildman–Crippen LogP) is 2.40. The highest BCUT2D eigenvalue weighted by molar-refractivity contribution is 5.49. The Balaban J connectivity index is 2.36. The number of hydrogen-bond donors (Lipinski definition) is 0. The fraction of sp³-hybridized carbons (Fsp3) is 0.0714. The summed E-state index contributed by atoms with van der Waals surface area (Å²) < 4.78 is 3.33. The summed E-state index contributed by atoms with van der Waals surface area (Å²) in [5.74, 6) is 0. The number of hydrogen-bond acceptors (Lipinski definition) is 1. The Kier molecular flexibility index (Phi) is 2.11. The van der Waals surface area contributed by atoms with Gasteiger partial charge in [0.15, 0.2) is 0 Å². The van der Waals surface area contributed by atoms with Gasteiger partial charge in [0.1, 0.15) is 0 Å². The van der Waals surface area contributed by atoms with Crippen LogP contribution in [0.2, 0.25) is 0 Å². The molecular formula is C14H12N2O. The first kappa shape index (κ1) is 9.90. The molecule has 0 unspecified atom stereocenters. The van der Waals surface area contributed by atoms with Crippen molar-refractivity contribution >= 4 is 5.52 Å². The molecule has 0 radical (unpaired) electrons. The van der Waals surface area contributed by atoms with Gasteiger partial charge < -0.3 is 0 Å². The van der Waals surface area contributed by atoms with E-state index in [9.17, 15) is 4.79 Å². The lowest BCUT2D eigenvalue weighted by Crippen LogP contribution is -2.18. The minimum Gasteiger partial charge on any atom is -0.268 e. The molecule has 3 rings (SSSR count). The van der Waals surface area contributed by atoms with Crippen molar-refractivity contribution in [1.29, 1.82) is 0 Å². The number of para-hydroxylation sites is 1. The van der Waals surface area contributed by atoms with Gasteiger partial charge in [0.2, 0.25) is 0 Å². The molecule has 0 fully saturated rings. The molecule has 2 aromatic heterocycles. The first-order valence-electron chi connectivity index (χ1n) is 5.52. The van der Waals surface area contributed by atoms with E-state index in [0.29, 0.717) is 0 Å². The van der Waals surface area contributed by atoms with Crippen LogP contribution in [0.4, 0.5) is 0 Å². The molecule has 0 N–H and O–H groups in total. The number of rotatable bonds is 1. The Hall–Kier alpha value is -2.29. The van der Waals surface area contributed by atoms with Gasteiger partial charge in [0, 0.05) is 12.4 Å². The van der Waals surface area contributed by atoms with Crippen LogP contribution in [-0.4, -0.2) is 8.97 Å². The lowest BCUT2D eigenvalue weighted by molar-refractivity contribution is 0.934. The van der Waals surface area contributed by atoms with Gasteiger partial charge in [-0.05, 0) is 30.7 Å². The van der Waals surface area contributed by atoms with Gasteiger partial charge in [0.05, 0.1) is 11.2 Å². The average molecular weight is 224 g/mol. The fourth-order valence-corrected chi connectivity index (χ4v) is 2.05. The summed E-state index contributed by atoms with van der Waals surface area (Å²) in [6.07, 6.45) is 3.65. The summed E-state index contributed by atoms with van der Waals surface area (Å²) in [6.45, 7) is 2.00. The second-order valence-corrected chi connectivity index (χ2v) is 4.06. The van der Waals surface area contributed by atoms with Gasteiger partial charge in [-0.3, -0.25) is 8.97 Å². The number of aryl methyl sites for hydroxylation is 1. The van der Waals surface area contributed by atoms with E-state index < -0.39 is 0 Å². The van der Waals surface area contributed by atoms with E-state index in [0.717, 1.165) is 16.8 Å². The summed E-state index contributed by atoms with van der Waals surface area (Å²) in [5.41, 5.74) is 2.89. The molecule has 3 heteroatoms. The van der Waals surface area contributed by atoms with Crippen molar-refractivity contribution < 1.29 is 0 Å². The third kappa shape index (κ3) is 1.47. The largest absolute Gasteiger partial charge is 0.337 e. The molecule has 0 atom stereocenters. The Morgan fingerprint density at radius 1 is 1.00 bits per heavy atom. The first-order valence-corrected chi connectivity index (χ1v) is 5.52. The van der Waals surface area contributed by atoms with Crippen LogP contribution in [0.25, 0.3) is 11.2 Å². The molecule has 1 aromatic carbocycles. The molecule has 0 saturated carbocycles. The van der Waals surface area contributed by atoms with Gasteiger partial charge in [-0.1, -0.05) is 24.3 Å². The van der Waals surface area contributed by atoms with Crippen LogP contribution in [0.15, 0.2) is 59.7 Å². The highest BCUT2D eigenvalue weighted by Crippen LogP contribution is 2.12. The third-order valence-corrected chi connectivity index (χ3v) is 2.94. The van der Waals surface area contributed by atoms with E-state index in [4.69, 9.17) is 0 Å². The van der Waals surface area contributed by atoms with Gasteiger partial charge in [0.25, 0.3) is 0 Å². The molecule has 3 aromatic rings. The standard InChI is InChI=1S/C14H12N2O/c1-11-6-2-3-8-13(11)16-10-12-7-4-5-9-15(12)14(16)17/h2-10H,1H3. The van der Waals surface area contributed by atoms with Crippen LogP contribution < -0.4 is 5.69 Å². The van der Waals surface area contributed by atoms with Gasteiger partial charge >= 0.3 is 5.69 Å². The molecule has 17 heavy (non-hydrogen) atoms. The number of aromatic nitrogens is 2. The van der Waals surface area contributed by atoms with Crippen molar-refractivity contribution in [2.45, 2.75) is 6.92 Å². The number of pyridine rings is 1. The maximum absolute atomic E-state index is 12.2. The molecule has 0 saturated heterocycles. The summed E-state index contributed by atoms with van der Waals surface area (Å²) in [4.78, 5) is 12.2. The number of fused-ring (bicyclic) bond motifs is 1. The van der Waals surface area contributed by atoms with Crippen LogP contribution in [0.3, 0.4) is 0 Å². The average Bonchev–Trinajstić information content (AvgIpc) is 2.68. The quantitative estimate of drug-likeness (QED) is 0.623. The second kappa shape index (κ2) is 3.63. The van der Waals surface area contributed by atoms with Crippen LogP contribution >= 0.6 is 0 Å². The summed E-state index contributed by atoms with van der Waals surface area (Å²) in [6, 6.07) is 13.6. The highest BCUT2D eigenvalue weighted by atomic mass is 16.1. The van der Waals surface area contributed by atoms with Crippen molar-refractivity contribution in [1.82, 2.24) is 8.97 Å². The van der Waals surface area contributed by atoms with E-state index in [1.54, 1.807) is 15.2 Å². The summed E-state index contributed by atoms with van der Waals surface area (Å²) in [7, 11) is 0. The number of nitrogens with zero attached hydrogens (tertiary/aromatic N) is 2. The molecule has 0 aliphatic heterocycles. The summed E-state index contributed by atoms with van der Waals surface area (Å²) >= 11 is 0. The molecule has 84 valence electrons. The fourth-order valence-electron chi connectivity index (χ4n) is 2.05. The normalized spacial score (nSPS) is 10.9. The zero-order valence-corrected chi connectivity index (χ0v) is 9.50. The Labute approximate surface area is 98.6 Å². The lowest BCUT2D eigenvalue weighted by Gasteiger charge is -2.03. The van der Waals surface area contributed by atoms with E-state index in [2.05, 4.69) is 0 Å². The first-order chi connectivity index (χ1) is 8.27. The van der Waals surface area contributed by atoms with Crippen LogP contribution in [-0.2, 0) is 0 Å². The van der Waals surface area contributed by atoms with Gasteiger partial charge in [-0.15, -0.1) is 0 Å². The van der Waals surface area contributed by atoms with E-state index >= 15 is 0 Å². The Morgan fingerprint density at radius 3 is 2.53 bits per heavy atom. The number of benzene rings is 1. The number of imidazole rings is 1. The highest BCUT2D eigenvalue weighted by Gasteiger charge is 2.07. The molecule has 0 spiro atoms. The maximum atomic E-state index is 12.2. The van der Waals surface area contributed by atoms with Crippen molar-refractivity contribution in [2.75, 3.05) is 0 Å². The van der Waals surface area contributed by atoms with Gasteiger partial charge in [-0.25, -0.2) is 4.79 Å². The van der Waals surface area contributed by atoms with Crippen LogP contribution in [0.1, 0.15) is 5.56 Å². The van der Waals surface area contributed by atoms with Crippen LogP contribution in [0.5, 0.6) is 0 Å². The Morgan fingerprint density at radius 2 is 1.76 bits per heavy atom. The monoisotopic (exact) mass is 224 g/mol. The van der Waals surface area contributed by atoms with Gasteiger partial charge in [-0.2, -0.15) is 0 Å². The molecule has 0 amide bonds. The van der Waals surface area contributed by atoms with Crippen molar-refractivity contribution in [3.63, 3.8) is 0 Å².